The topological polar surface area (TPSA) is 35.8 Å². The summed E-state index contributed by atoms with van der Waals surface area (Å²) in [6.07, 6.45) is 2.67. The molecule has 2 aromatic rings. The second-order valence-electron chi connectivity index (χ2n) is 4.52. The summed E-state index contributed by atoms with van der Waals surface area (Å²) < 4.78 is 0. The molecular formula is C17H18N2. The molecule has 0 bridgehead atoms. The number of benzene rings is 2. The van der Waals surface area contributed by atoms with E-state index in [4.69, 9.17) is 5.26 Å². The highest BCUT2D eigenvalue weighted by molar-refractivity contribution is 5.44. The minimum absolute atomic E-state index is 0.537. The van der Waals surface area contributed by atoms with Crippen molar-refractivity contribution in [3.63, 3.8) is 0 Å². The van der Waals surface area contributed by atoms with Crippen LogP contribution in [0.2, 0.25) is 0 Å². The lowest BCUT2D eigenvalue weighted by Crippen LogP contribution is -2.00. The molecular weight excluding hydrogens is 232 g/mol. The van der Waals surface area contributed by atoms with Crippen LogP contribution in [0.15, 0.2) is 54.6 Å². The molecule has 0 aliphatic heterocycles. The highest BCUT2D eigenvalue weighted by Gasteiger charge is 1.96. The van der Waals surface area contributed by atoms with Gasteiger partial charge in [-0.25, -0.2) is 0 Å². The predicted octanol–water partition coefficient (Wildman–Crippen LogP) is 3.80. The van der Waals surface area contributed by atoms with Gasteiger partial charge in [0.1, 0.15) is 0 Å². The molecule has 19 heavy (non-hydrogen) atoms. The molecule has 2 nitrogen and oxygen atoms in total. The summed E-state index contributed by atoms with van der Waals surface area (Å²) in [5.74, 6) is 0. The predicted molar refractivity (Wildman–Crippen MR) is 79.0 cm³/mol. The van der Waals surface area contributed by atoms with E-state index >= 15 is 0 Å². The van der Waals surface area contributed by atoms with Crippen LogP contribution < -0.4 is 5.32 Å². The van der Waals surface area contributed by atoms with Crippen LogP contribution in [-0.2, 0) is 12.8 Å². The van der Waals surface area contributed by atoms with E-state index < -0.39 is 0 Å². The molecule has 2 rings (SSSR count). The van der Waals surface area contributed by atoms with Gasteiger partial charge < -0.3 is 5.32 Å². The smallest absolute Gasteiger partial charge is 0.0640 e. The minimum Gasteiger partial charge on any atom is -0.384 e. The molecule has 0 unspecified atom stereocenters. The van der Waals surface area contributed by atoms with Gasteiger partial charge in [0.15, 0.2) is 0 Å². The summed E-state index contributed by atoms with van der Waals surface area (Å²) in [4.78, 5) is 0. The average Bonchev–Trinajstić information content (AvgIpc) is 2.48. The SMILES string of the molecule is N#CCCNc1ccc(CCc2ccccc2)cc1. The number of anilines is 1. The normalized spacial score (nSPS) is 9.84. The number of nitrogens with zero attached hydrogens (tertiary/aromatic N) is 1. The Hall–Kier alpha value is -2.27. The quantitative estimate of drug-likeness (QED) is 0.792. The second kappa shape index (κ2) is 7.23. The van der Waals surface area contributed by atoms with E-state index in [1.807, 2.05) is 6.07 Å². The van der Waals surface area contributed by atoms with E-state index in [1.165, 1.54) is 11.1 Å². The number of rotatable bonds is 6. The number of nitrogens with one attached hydrogen (secondary N) is 1. The maximum Gasteiger partial charge on any atom is 0.0640 e. The van der Waals surface area contributed by atoms with Gasteiger partial charge in [-0.1, -0.05) is 42.5 Å². The molecule has 0 amide bonds. The van der Waals surface area contributed by atoms with Crippen LogP contribution >= 0.6 is 0 Å². The van der Waals surface area contributed by atoms with Crippen molar-refractivity contribution in [1.82, 2.24) is 0 Å². The van der Waals surface area contributed by atoms with Gasteiger partial charge >= 0.3 is 0 Å². The van der Waals surface area contributed by atoms with Gasteiger partial charge in [-0.3, -0.25) is 0 Å². The summed E-state index contributed by atoms with van der Waals surface area (Å²) in [5, 5.41) is 11.7. The van der Waals surface area contributed by atoms with Crippen LogP contribution in [0.25, 0.3) is 0 Å². The molecule has 96 valence electrons. The highest BCUT2D eigenvalue weighted by atomic mass is 14.9. The van der Waals surface area contributed by atoms with Gasteiger partial charge in [-0.15, -0.1) is 0 Å². The molecule has 0 heterocycles. The number of aryl methyl sites for hydroxylation is 2. The van der Waals surface area contributed by atoms with Gasteiger partial charge in [0.25, 0.3) is 0 Å². The number of hydrogen-bond acceptors (Lipinski definition) is 2. The Morgan fingerprint density at radius 1 is 0.842 bits per heavy atom. The zero-order valence-electron chi connectivity index (χ0n) is 11.0. The summed E-state index contributed by atoms with van der Waals surface area (Å²) in [6.45, 7) is 0.708. The fraction of sp³-hybridized carbons (Fsp3) is 0.235. The van der Waals surface area contributed by atoms with Crippen LogP contribution in [0.5, 0.6) is 0 Å². The zero-order valence-corrected chi connectivity index (χ0v) is 11.0. The Bertz CT molecular complexity index is 523. The van der Waals surface area contributed by atoms with Gasteiger partial charge in [0.05, 0.1) is 12.5 Å². The Morgan fingerprint density at radius 2 is 1.47 bits per heavy atom. The number of nitriles is 1. The largest absolute Gasteiger partial charge is 0.384 e. The Kier molecular flexibility index (Phi) is 5.01. The Labute approximate surface area is 114 Å². The number of hydrogen-bond donors (Lipinski definition) is 1. The first-order valence-corrected chi connectivity index (χ1v) is 6.62. The molecule has 1 N–H and O–H groups in total. The van der Waals surface area contributed by atoms with E-state index in [0.29, 0.717) is 13.0 Å². The lowest BCUT2D eigenvalue weighted by Gasteiger charge is -2.06. The van der Waals surface area contributed by atoms with Gasteiger partial charge in [0.2, 0.25) is 0 Å². The molecule has 0 atom stereocenters. The van der Waals surface area contributed by atoms with Crippen molar-refractivity contribution < 1.29 is 0 Å². The van der Waals surface area contributed by atoms with Crippen molar-refractivity contribution in [2.45, 2.75) is 19.3 Å². The first-order valence-electron chi connectivity index (χ1n) is 6.62. The highest BCUT2D eigenvalue weighted by Crippen LogP contribution is 2.12. The third kappa shape index (κ3) is 4.48. The third-order valence-electron chi connectivity index (χ3n) is 3.07. The van der Waals surface area contributed by atoms with Crippen molar-refractivity contribution in [2.75, 3.05) is 11.9 Å². The molecule has 0 fully saturated rings. The van der Waals surface area contributed by atoms with Crippen molar-refractivity contribution in [3.05, 3.63) is 65.7 Å². The zero-order chi connectivity index (χ0) is 13.3. The van der Waals surface area contributed by atoms with E-state index in [-0.39, 0.29) is 0 Å². The van der Waals surface area contributed by atoms with Gasteiger partial charge in [0, 0.05) is 12.2 Å². The van der Waals surface area contributed by atoms with E-state index in [0.717, 1.165) is 18.5 Å². The summed E-state index contributed by atoms with van der Waals surface area (Å²) in [6, 6.07) is 21.1. The molecule has 0 aliphatic rings. The van der Waals surface area contributed by atoms with Crippen LogP contribution in [0.1, 0.15) is 17.5 Å². The molecule has 0 saturated carbocycles. The first-order chi connectivity index (χ1) is 9.38. The lowest BCUT2D eigenvalue weighted by atomic mass is 10.0. The van der Waals surface area contributed by atoms with E-state index in [9.17, 15) is 0 Å². The molecule has 0 aromatic heterocycles. The first kappa shape index (κ1) is 13.2. The third-order valence-corrected chi connectivity index (χ3v) is 3.07. The van der Waals surface area contributed by atoms with Crippen LogP contribution in [0.4, 0.5) is 5.69 Å². The fourth-order valence-electron chi connectivity index (χ4n) is 1.99. The molecule has 0 spiro atoms. The maximum absolute atomic E-state index is 8.48. The second-order valence-corrected chi connectivity index (χ2v) is 4.52. The van der Waals surface area contributed by atoms with Crippen molar-refractivity contribution in [2.24, 2.45) is 0 Å². The Morgan fingerprint density at radius 3 is 2.11 bits per heavy atom. The van der Waals surface area contributed by atoms with Gasteiger partial charge in [-0.2, -0.15) is 5.26 Å². The van der Waals surface area contributed by atoms with Crippen LogP contribution in [0.3, 0.4) is 0 Å². The molecule has 0 saturated heterocycles. The summed E-state index contributed by atoms with van der Waals surface area (Å²) in [5.41, 5.74) is 3.80. The molecule has 2 aromatic carbocycles. The summed E-state index contributed by atoms with van der Waals surface area (Å²) >= 11 is 0. The fourth-order valence-corrected chi connectivity index (χ4v) is 1.99. The lowest BCUT2D eigenvalue weighted by molar-refractivity contribution is 0.960. The van der Waals surface area contributed by atoms with Gasteiger partial charge in [-0.05, 0) is 36.1 Å². The van der Waals surface area contributed by atoms with E-state index in [1.54, 1.807) is 0 Å². The standard InChI is InChI=1S/C17H18N2/c18-13-4-14-19-17-11-9-16(10-12-17)8-7-15-5-2-1-3-6-15/h1-3,5-6,9-12,19H,4,7-8,14H2. The Balaban J connectivity index is 1.83. The molecule has 2 heteroatoms. The van der Waals surface area contributed by atoms with Crippen molar-refractivity contribution in [3.8, 4) is 6.07 Å². The monoisotopic (exact) mass is 250 g/mol. The van der Waals surface area contributed by atoms with Crippen LogP contribution in [-0.4, -0.2) is 6.54 Å². The average molecular weight is 250 g/mol. The molecule has 0 aliphatic carbocycles. The van der Waals surface area contributed by atoms with Crippen molar-refractivity contribution in [1.29, 1.82) is 5.26 Å². The van der Waals surface area contributed by atoms with Crippen molar-refractivity contribution >= 4 is 5.69 Å². The maximum atomic E-state index is 8.48. The minimum atomic E-state index is 0.537. The van der Waals surface area contributed by atoms with E-state index in [2.05, 4.69) is 59.9 Å². The summed E-state index contributed by atoms with van der Waals surface area (Å²) in [7, 11) is 0. The van der Waals surface area contributed by atoms with Crippen LogP contribution in [0, 0.1) is 11.3 Å². The molecule has 0 radical (unpaired) electrons.